The number of rotatable bonds is 4. The fraction of sp³-hybridized carbons (Fsp3) is 0.583. The lowest BCUT2D eigenvalue weighted by atomic mass is 9.85. The summed E-state index contributed by atoms with van der Waals surface area (Å²) in [6.45, 7) is 7.20. The van der Waals surface area contributed by atoms with Crippen LogP contribution in [0.3, 0.4) is 0 Å². The van der Waals surface area contributed by atoms with E-state index in [-0.39, 0.29) is 11.5 Å². The van der Waals surface area contributed by atoms with Crippen molar-refractivity contribution in [1.82, 2.24) is 19.6 Å². The molecule has 0 spiro atoms. The molecule has 2 aromatic heterocycles. The minimum atomic E-state index is 0.105. The Morgan fingerprint density at radius 1 is 1.44 bits per heavy atom. The Balaban J connectivity index is 2.28. The molecule has 0 saturated carbocycles. The van der Waals surface area contributed by atoms with Gasteiger partial charge in [-0.1, -0.05) is 20.8 Å². The Hall–Kier alpha value is -1.69. The summed E-state index contributed by atoms with van der Waals surface area (Å²) in [5.41, 5.74) is 6.52. The lowest BCUT2D eigenvalue weighted by Gasteiger charge is -2.31. The minimum absolute atomic E-state index is 0.105. The zero-order valence-electron chi connectivity index (χ0n) is 11.1. The van der Waals surface area contributed by atoms with Gasteiger partial charge in [0.05, 0.1) is 0 Å². The molecule has 2 heterocycles. The van der Waals surface area contributed by atoms with E-state index in [1.807, 2.05) is 10.6 Å². The van der Waals surface area contributed by atoms with Crippen LogP contribution in [-0.4, -0.2) is 32.2 Å². The molecule has 1 unspecified atom stereocenters. The van der Waals surface area contributed by atoms with Crippen LogP contribution in [0, 0.1) is 5.41 Å². The molecule has 18 heavy (non-hydrogen) atoms. The summed E-state index contributed by atoms with van der Waals surface area (Å²) in [4.78, 5) is 4.34. The van der Waals surface area contributed by atoms with Gasteiger partial charge in [-0.3, -0.25) is 4.40 Å². The zero-order valence-corrected chi connectivity index (χ0v) is 11.1. The number of hydrogen-bond donors (Lipinski definition) is 2. The molecule has 0 aliphatic rings. The van der Waals surface area contributed by atoms with Gasteiger partial charge in [0.1, 0.15) is 6.33 Å². The molecule has 0 radical (unpaired) electrons. The summed E-state index contributed by atoms with van der Waals surface area (Å²) < 4.78 is 1.84. The number of nitrogens with one attached hydrogen (secondary N) is 1. The fourth-order valence-corrected chi connectivity index (χ4v) is 1.91. The van der Waals surface area contributed by atoms with E-state index in [0.717, 1.165) is 17.9 Å². The van der Waals surface area contributed by atoms with Crippen molar-refractivity contribution in [1.29, 1.82) is 0 Å². The Labute approximate surface area is 107 Å². The molecule has 0 aliphatic heterocycles. The highest BCUT2D eigenvalue weighted by atomic mass is 15.2. The van der Waals surface area contributed by atoms with Gasteiger partial charge in [0.2, 0.25) is 5.65 Å². The third-order valence-electron chi connectivity index (χ3n) is 3.03. The summed E-state index contributed by atoms with van der Waals surface area (Å²) in [7, 11) is 0. The Bertz CT molecular complexity index is 513. The topological polar surface area (TPSA) is 81.1 Å². The van der Waals surface area contributed by atoms with Gasteiger partial charge < -0.3 is 11.1 Å². The molecule has 0 saturated heterocycles. The third-order valence-corrected chi connectivity index (χ3v) is 3.03. The molecule has 2 rings (SSSR count). The van der Waals surface area contributed by atoms with Gasteiger partial charge in [-0.25, -0.2) is 4.98 Å². The van der Waals surface area contributed by atoms with Crippen molar-refractivity contribution in [3.8, 4) is 0 Å². The number of nitrogens with two attached hydrogens (primary N) is 1. The molecule has 6 nitrogen and oxygen atoms in total. The molecule has 3 N–H and O–H groups in total. The number of nitrogens with zero attached hydrogens (tertiary/aromatic N) is 4. The number of aromatic nitrogens is 4. The van der Waals surface area contributed by atoms with Gasteiger partial charge >= 0.3 is 0 Å². The summed E-state index contributed by atoms with van der Waals surface area (Å²) in [6, 6.07) is 0.248. The maximum absolute atomic E-state index is 5.68. The van der Waals surface area contributed by atoms with Gasteiger partial charge in [-0.2, -0.15) is 0 Å². The standard InChI is InChI=1S/C12H20N6/c1-12(2,3)9(4-5-13)16-10-11-17-15-8-18(11)7-6-14-10/h6-9H,4-5,13H2,1-3H3,(H,14,16). The summed E-state index contributed by atoms with van der Waals surface area (Å²) in [5, 5.41) is 11.4. The average molecular weight is 248 g/mol. The first-order chi connectivity index (χ1) is 8.52. The molecule has 0 amide bonds. The second kappa shape index (κ2) is 4.89. The van der Waals surface area contributed by atoms with E-state index in [1.165, 1.54) is 0 Å². The van der Waals surface area contributed by atoms with Crippen molar-refractivity contribution >= 4 is 11.5 Å². The Morgan fingerprint density at radius 2 is 2.22 bits per heavy atom. The van der Waals surface area contributed by atoms with Crippen molar-refractivity contribution in [2.45, 2.75) is 33.2 Å². The van der Waals surface area contributed by atoms with Gasteiger partial charge in [0.15, 0.2) is 5.82 Å². The lowest BCUT2D eigenvalue weighted by Crippen LogP contribution is -2.36. The molecule has 0 bridgehead atoms. The average Bonchev–Trinajstić information content (AvgIpc) is 2.76. The highest BCUT2D eigenvalue weighted by molar-refractivity contribution is 5.61. The molecular formula is C12H20N6. The van der Waals surface area contributed by atoms with E-state index in [9.17, 15) is 0 Å². The first-order valence-corrected chi connectivity index (χ1v) is 6.13. The predicted molar refractivity (Wildman–Crippen MR) is 71.3 cm³/mol. The first kappa shape index (κ1) is 12.8. The quantitative estimate of drug-likeness (QED) is 0.852. The molecule has 0 fully saturated rings. The number of anilines is 1. The van der Waals surface area contributed by atoms with Gasteiger partial charge in [0.25, 0.3) is 0 Å². The van der Waals surface area contributed by atoms with Gasteiger partial charge in [0, 0.05) is 18.4 Å². The van der Waals surface area contributed by atoms with Crippen LogP contribution in [0.2, 0.25) is 0 Å². The monoisotopic (exact) mass is 248 g/mol. The summed E-state index contributed by atoms with van der Waals surface area (Å²) in [6.07, 6.45) is 6.12. The second-order valence-corrected chi connectivity index (χ2v) is 5.48. The van der Waals surface area contributed by atoms with E-state index in [4.69, 9.17) is 5.73 Å². The van der Waals surface area contributed by atoms with Gasteiger partial charge in [-0.15, -0.1) is 10.2 Å². The molecule has 0 aromatic carbocycles. The molecule has 2 aromatic rings. The van der Waals surface area contributed by atoms with Crippen molar-refractivity contribution < 1.29 is 0 Å². The molecule has 98 valence electrons. The van der Waals surface area contributed by atoms with Crippen LogP contribution in [0.1, 0.15) is 27.2 Å². The van der Waals surface area contributed by atoms with Crippen molar-refractivity contribution in [3.05, 3.63) is 18.7 Å². The van der Waals surface area contributed by atoms with Crippen LogP contribution in [0.5, 0.6) is 0 Å². The fourth-order valence-electron chi connectivity index (χ4n) is 1.91. The SMILES string of the molecule is CC(C)(C)C(CCN)Nc1nccn2cnnc12. The highest BCUT2D eigenvalue weighted by Crippen LogP contribution is 2.25. The van der Waals surface area contributed by atoms with Crippen LogP contribution >= 0.6 is 0 Å². The van der Waals surface area contributed by atoms with E-state index in [2.05, 4.69) is 41.3 Å². The first-order valence-electron chi connectivity index (χ1n) is 6.13. The molecular weight excluding hydrogens is 228 g/mol. The lowest BCUT2D eigenvalue weighted by molar-refractivity contribution is 0.328. The molecule has 6 heteroatoms. The predicted octanol–water partition coefficient (Wildman–Crippen LogP) is 1.30. The van der Waals surface area contributed by atoms with E-state index in [1.54, 1.807) is 12.5 Å². The number of fused-ring (bicyclic) bond motifs is 1. The smallest absolute Gasteiger partial charge is 0.203 e. The maximum atomic E-state index is 5.68. The third kappa shape index (κ3) is 2.59. The van der Waals surface area contributed by atoms with Crippen molar-refractivity contribution in [2.75, 3.05) is 11.9 Å². The van der Waals surface area contributed by atoms with E-state index >= 15 is 0 Å². The minimum Gasteiger partial charge on any atom is -0.364 e. The van der Waals surface area contributed by atoms with Crippen LogP contribution in [0.15, 0.2) is 18.7 Å². The molecule has 0 aliphatic carbocycles. The van der Waals surface area contributed by atoms with Gasteiger partial charge in [-0.05, 0) is 18.4 Å². The van der Waals surface area contributed by atoms with Crippen LogP contribution in [-0.2, 0) is 0 Å². The second-order valence-electron chi connectivity index (χ2n) is 5.48. The van der Waals surface area contributed by atoms with Crippen molar-refractivity contribution in [2.24, 2.45) is 11.1 Å². The number of hydrogen-bond acceptors (Lipinski definition) is 5. The summed E-state index contributed by atoms with van der Waals surface area (Å²) >= 11 is 0. The van der Waals surface area contributed by atoms with Crippen LogP contribution in [0.25, 0.3) is 5.65 Å². The summed E-state index contributed by atoms with van der Waals surface area (Å²) in [5.74, 6) is 0.753. The molecule has 1 atom stereocenters. The van der Waals surface area contributed by atoms with Crippen molar-refractivity contribution in [3.63, 3.8) is 0 Å². The highest BCUT2D eigenvalue weighted by Gasteiger charge is 2.25. The van der Waals surface area contributed by atoms with E-state index < -0.39 is 0 Å². The zero-order chi connectivity index (χ0) is 13.2. The van der Waals surface area contributed by atoms with Crippen LogP contribution < -0.4 is 11.1 Å². The Morgan fingerprint density at radius 3 is 2.89 bits per heavy atom. The maximum Gasteiger partial charge on any atom is 0.203 e. The Kier molecular flexibility index (Phi) is 3.47. The van der Waals surface area contributed by atoms with E-state index in [0.29, 0.717) is 6.54 Å². The van der Waals surface area contributed by atoms with Crippen LogP contribution in [0.4, 0.5) is 5.82 Å². The largest absolute Gasteiger partial charge is 0.364 e. The normalized spacial score (nSPS) is 13.8.